The minimum Gasteiger partial charge on any atom is -0.444 e. The normalized spacial score (nSPS) is 13.1. The quantitative estimate of drug-likeness (QED) is 0.729. The minimum absolute atomic E-state index is 0.0892. The van der Waals surface area contributed by atoms with Gasteiger partial charge in [-0.3, -0.25) is 4.79 Å². The molecule has 0 radical (unpaired) electrons. The summed E-state index contributed by atoms with van der Waals surface area (Å²) in [4.78, 5) is 22.6. The SMILES string of the molecule is CCC(=O)[C@H](CN)NC(=O)OC(C)(C)C. The Kier molecular flexibility index (Phi) is 5.28. The third-order valence-corrected chi connectivity index (χ3v) is 1.66. The second kappa shape index (κ2) is 5.70. The molecule has 0 aliphatic rings. The molecule has 5 nitrogen and oxygen atoms in total. The summed E-state index contributed by atoms with van der Waals surface area (Å²) in [5, 5.41) is 2.44. The van der Waals surface area contributed by atoms with Gasteiger partial charge in [0.2, 0.25) is 0 Å². The first kappa shape index (κ1) is 13.9. The van der Waals surface area contributed by atoms with Gasteiger partial charge in [-0.05, 0) is 20.8 Å². The number of carbonyl (C=O) groups excluding carboxylic acids is 2. The molecule has 5 heteroatoms. The van der Waals surface area contributed by atoms with E-state index in [1.54, 1.807) is 27.7 Å². The molecule has 0 unspecified atom stereocenters. The molecule has 0 aromatic rings. The number of nitrogens with two attached hydrogens (primary N) is 1. The van der Waals surface area contributed by atoms with Crippen LogP contribution in [0.4, 0.5) is 4.79 Å². The fourth-order valence-electron chi connectivity index (χ4n) is 0.967. The first-order valence-corrected chi connectivity index (χ1v) is 5.02. The molecule has 0 heterocycles. The fourth-order valence-corrected chi connectivity index (χ4v) is 0.967. The largest absolute Gasteiger partial charge is 0.444 e. The number of ether oxygens (including phenoxy) is 1. The monoisotopic (exact) mass is 216 g/mol. The second-order valence-electron chi connectivity index (χ2n) is 4.25. The van der Waals surface area contributed by atoms with E-state index in [-0.39, 0.29) is 12.3 Å². The van der Waals surface area contributed by atoms with Crippen molar-refractivity contribution in [3.05, 3.63) is 0 Å². The maximum atomic E-state index is 11.3. The zero-order chi connectivity index (χ0) is 12.1. The molecule has 1 amide bonds. The number of alkyl carbamates (subject to hydrolysis) is 1. The van der Waals surface area contributed by atoms with Gasteiger partial charge in [-0.1, -0.05) is 6.92 Å². The topological polar surface area (TPSA) is 81.4 Å². The minimum atomic E-state index is -0.648. The lowest BCUT2D eigenvalue weighted by atomic mass is 10.1. The summed E-state index contributed by atoms with van der Waals surface area (Å²) in [7, 11) is 0. The second-order valence-corrected chi connectivity index (χ2v) is 4.25. The van der Waals surface area contributed by atoms with Crippen LogP contribution in [0.25, 0.3) is 0 Å². The van der Waals surface area contributed by atoms with Crippen LogP contribution in [0.2, 0.25) is 0 Å². The van der Waals surface area contributed by atoms with Gasteiger partial charge in [-0.2, -0.15) is 0 Å². The average molecular weight is 216 g/mol. The maximum absolute atomic E-state index is 11.3. The number of ketones is 1. The van der Waals surface area contributed by atoms with E-state index in [9.17, 15) is 9.59 Å². The molecule has 3 N–H and O–H groups in total. The van der Waals surface area contributed by atoms with Crippen LogP contribution in [-0.4, -0.2) is 30.1 Å². The van der Waals surface area contributed by atoms with Crippen LogP contribution in [0, 0.1) is 0 Å². The molecule has 0 aliphatic heterocycles. The molecule has 0 aromatic carbocycles. The third-order valence-electron chi connectivity index (χ3n) is 1.66. The highest BCUT2D eigenvalue weighted by molar-refractivity contribution is 5.87. The first-order valence-electron chi connectivity index (χ1n) is 5.02. The molecular weight excluding hydrogens is 196 g/mol. The number of amides is 1. The molecule has 0 aromatic heterocycles. The van der Waals surface area contributed by atoms with Gasteiger partial charge in [0.15, 0.2) is 5.78 Å². The molecule has 0 spiro atoms. The van der Waals surface area contributed by atoms with Crippen molar-refractivity contribution in [2.24, 2.45) is 5.73 Å². The number of rotatable bonds is 4. The van der Waals surface area contributed by atoms with Crippen LogP contribution in [-0.2, 0) is 9.53 Å². The third kappa shape index (κ3) is 6.06. The summed E-state index contributed by atoms with van der Waals surface area (Å²) in [5.74, 6) is -0.0941. The van der Waals surface area contributed by atoms with Crippen molar-refractivity contribution in [2.45, 2.75) is 45.8 Å². The van der Waals surface area contributed by atoms with Gasteiger partial charge in [0.1, 0.15) is 11.6 Å². The van der Waals surface area contributed by atoms with E-state index in [0.29, 0.717) is 6.42 Å². The molecule has 0 bridgehead atoms. The average Bonchev–Trinajstić information content (AvgIpc) is 2.10. The summed E-state index contributed by atoms with van der Waals surface area (Å²) < 4.78 is 5.01. The zero-order valence-electron chi connectivity index (χ0n) is 9.79. The standard InChI is InChI=1S/C10H20N2O3/c1-5-8(13)7(6-11)12-9(14)15-10(2,3)4/h7H,5-6,11H2,1-4H3,(H,12,14)/t7-/m0/s1. The summed E-state index contributed by atoms with van der Waals surface area (Å²) in [6.07, 6.45) is -0.266. The fraction of sp³-hybridized carbons (Fsp3) is 0.800. The van der Waals surface area contributed by atoms with Crippen LogP contribution in [0.1, 0.15) is 34.1 Å². The molecule has 0 saturated carbocycles. The van der Waals surface area contributed by atoms with E-state index in [1.165, 1.54) is 0 Å². The van der Waals surface area contributed by atoms with Gasteiger partial charge in [0, 0.05) is 13.0 Å². The predicted molar refractivity (Wildman–Crippen MR) is 57.5 cm³/mol. The Balaban J connectivity index is 4.20. The van der Waals surface area contributed by atoms with E-state index < -0.39 is 17.7 Å². The lowest BCUT2D eigenvalue weighted by Crippen LogP contribution is -2.47. The van der Waals surface area contributed by atoms with E-state index in [0.717, 1.165) is 0 Å². The Morgan fingerprint density at radius 3 is 2.27 bits per heavy atom. The number of carbonyl (C=O) groups is 2. The highest BCUT2D eigenvalue weighted by Crippen LogP contribution is 2.06. The Labute approximate surface area is 90.4 Å². The van der Waals surface area contributed by atoms with Crippen molar-refractivity contribution < 1.29 is 14.3 Å². The molecule has 88 valence electrons. The van der Waals surface area contributed by atoms with Gasteiger partial charge in [-0.25, -0.2) is 4.79 Å². The van der Waals surface area contributed by atoms with Crippen molar-refractivity contribution in [1.82, 2.24) is 5.32 Å². The smallest absolute Gasteiger partial charge is 0.408 e. The van der Waals surface area contributed by atoms with E-state index in [1.807, 2.05) is 0 Å². The van der Waals surface area contributed by atoms with E-state index >= 15 is 0 Å². The predicted octanol–water partition coefficient (Wildman–Crippen LogP) is 0.817. The van der Waals surface area contributed by atoms with Gasteiger partial charge < -0.3 is 15.8 Å². The number of nitrogens with one attached hydrogen (secondary N) is 1. The maximum Gasteiger partial charge on any atom is 0.408 e. The molecular formula is C10H20N2O3. The van der Waals surface area contributed by atoms with Crippen LogP contribution in [0.5, 0.6) is 0 Å². The Hall–Kier alpha value is -1.10. The van der Waals surface area contributed by atoms with Gasteiger partial charge >= 0.3 is 6.09 Å². The molecule has 0 saturated heterocycles. The summed E-state index contributed by atoms with van der Waals surface area (Å²) in [5.41, 5.74) is 4.80. The Morgan fingerprint density at radius 1 is 1.40 bits per heavy atom. The van der Waals surface area contributed by atoms with Gasteiger partial charge in [0.05, 0.1) is 0 Å². The van der Waals surface area contributed by atoms with E-state index in [4.69, 9.17) is 10.5 Å². The lowest BCUT2D eigenvalue weighted by Gasteiger charge is -2.22. The van der Waals surface area contributed by atoms with Gasteiger partial charge in [-0.15, -0.1) is 0 Å². The van der Waals surface area contributed by atoms with Crippen LogP contribution in [0.15, 0.2) is 0 Å². The molecule has 1 atom stereocenters. The van der Waals surface area contributed by atoms with Crippen molar-refractivity contribution in [2.75, 3.05) is 6.54 Å². The van der Waals surface area contributed by atoms with Crippen LogP contribution >= 0.6 is 0 Å². The molecule has 0 rings (SSSR count). The first-order chi connectivity index (χ1) is 6.80. The molecule has 0 fully saturated rings. The van der Waals surface area contributed by atoms with Crippen molar-refractivity contribution >= 4 is 11.9 Å². The van der Waals surface area contributed by atoms with Crippen molar-refractivity contribution in [1.29, 1.82) is 0 Å². The van der Waals surface area contributed by atoms with Crippen LogP contribution in [0.3, 0.4) is 0 Å². The molecule has 15 heavy (non-hydrogen) atoms. The molecule has 0 aliphatic carbocycles. The lowest BCUT2D eigenvalue weighted by molar-refractivity contribution is -0.120. The van der Waals surface area contributed by atoms with Crippen molar-refractivity contribution in [3.8, 4) is 0 Å². The van der Waals surface area contributed by atoms with Crippen LogP contribution < -0.4 is 11.1 Å². The van der Waals surface area contributed by atoms with E-state index in [2.05, 4.69) is 5.32 Å². The summed E-state index contributed by atoms with van der Waals surface area (Å²) in [6.45, 7) is 7.08. The zero-order valence-corrected chi connectivity index (χ0v) is 9.79. The Morgan fingerprint density at radius 2 is 1.93 bits per heavy atom. The highest BCUT2D eigenvalue weighted by atomic mass is 16.6. The van der Waals surface area contributed by atoms with Gasteiger partial charge in [0.25, 0.3) is 0 Å². The number of hydrogen-bond donors (Lipinski definition) is 2. The summed E-state index contributed by atoms with van der Waals surface area (Å²) in [6, 6.07) is -0.648. The summed E-state index contributed by atoms with van der Waals surface area (Å²) >= 11 is 0. The van der Waals surface area contributed by atoms with Crippen molar-refractivity contribution in [3.63, 3.8) is 0 Å². The number of hydrogen-bond acceptors (Lipinski definition) is 4. The number of Topliss-reactive ketones (excluding diaryl/α,β-unsaturated/α-hetero) is 1. The highest BCUT2D eigenvalue weighted by Gasteiger charge is 2.21. The Bertz CT molecular complexity index is 233.